The van der Waals surface area contributed by atoms with Crippen molar-refractivity contribution in [1.29, 1.82) is 0 Å². The Balaban J connectivity index is 1.76. The van der Waals surface area contributed by atoms with Crippen LogP contribution in [0.4, 0.5) is 0 Å². The lowest BCUT2D eigenvalue weighted by molar-refractivity contribution is -0.00123. The Hall–Kier alpha value is -2.56. The highest BCUT2D eigenvalue weighted by atomic mass is 32.2. The Labute approximate surface area is 176 Å². The maximum absolute atomic E-state index is 12.6. The zero-order valence-corrected chi connectivity index (χ0v) is 17.1. The summed E-state index contributed by atoms with van der Waals surface area (Å²) in [6, 6.07) is 28.5. The molecule has 0 fully saturated rings. The first-order valence-electron chi connectivity index (χ1n) is 10.1. The van der Waals surface area contributed by atoms with E-state index in [2.05, 4.69) is 29.2 Å². The van der Waals surface area contributed by atoms with Gasteiger partial charge in [-0.1, -0.05) is 96.7 Å². The number of amidine groups is 1. The quantitative estimate of drug-likeness (QED) is 0.697. The Morgan fingerprint density at radius 2 is 1.48 bits per heavy atom. The Morgan fingerprint density at radius 3 is 2.10 bits per heavy atom. The molecule has 0 amide bonds. The van der Waals surface area contributed by atoms with Crippen LogP contribution in [-0.4, -0.2) is 34.0 Å². The zero-order valence-electron chi connectivity index (χ0n) is 16.2. The molecule has 0 radical (unpaired) electrons. The van der Waals surface area contributed by atoms with E-state index in [1.165, 1.54) is 11.1 Å². The number of thioether (sulfide) groups is 1. The van der Waals surface area contributed by atoms with Crippen molar-refractivity contribution in [3.8, 4) is 0 Å². The summed E-state index contributed by atoms with van der Waals surface area (Å²) in [6.07, 6.45) is 0.964. The molecule has 2 heterocycles. The van der Waals surface area contributed by atoms with Gasteiger partial charge in [0.1, 0.15) is 5.60 Å². The highest BCUT2D eigenvalue weighted by Crippen LogP contribution is 2.48. The molecule has 3 aromatic rings. The summed E-state index contributed by atoms with van der Waals surface area (Å²) in [6.45, 7) is 1.70. The maximum atomic E-state index is 12.6. The molecule has 1 unspecified atom stereocenters. The molecule has 4 heteroatoms. The van der Waals surface area contributed by atoms with Gasteiger partial charge in [-0.05, 0) is 28.7 Å². The first-order valence-corrected chi connectivity index (χ1v) is 11.1. The van der Waals surface area contributed by atoms with Crippen LogP contribution in [0.5, 0.6) is 0 Å². The van der Waals surface area contributed by atoms with Crippen LogP contribution < -0.4 is 0 Å². The van der Waals surface area contributed by atoms with Gasteiger partial charge in [0.05, 0.1) is 12.6 Å². The molecule has 3 aromatic carbocycles. The van der Waals surface area contributed by atoms with Gasteiger partial charge >= 0.3 is 0 Å². The van der Waals surface area contributed by atoms with Crippen molar-refractivity contribution in [2.45, 2.75) is 18.1 Å². The third kappa shape index (κ3) is 3.17. The number of nitrogens with zero attached hydrogens (tertiary/aromatic N) is 2. The fraction of sp³-hybridized carbons (Fsp3) is 0.240. The number of fused-ring (bicyclic) bond motifs is 1. The van der Waals surface area contributed by atoms with E-state index < -0.39 is 5.60 Å². The number of rotatable bonds is 3. The van der Waals surface area contributed by atoms with Crippen molar-refractivity contribution in [2.24, 2.45) is 4.99 Å². The second-order valence-corrected chi connectivity index (χ2v) is 8.62. The van der Waals surface area contributed by atoms with Gasteiger partial charge in [-0.2, -0.15) is 0 Å². The van der Waals surface area contributed by atoms with Crippen LogP contribution >= 0.6 is 11.8 Å². The molecule has 0 spiro atoms. The van der Waals surface area contributed by atoms with Crippen molar-refractivity contribution in [3.63, 3.8) is 0 Å². The van der Waals surface area contributed by atoms with Crippen LogP contribution in [0, 0.1) is 0 Å². The summed E-state index contributed by atoms with van der Waals surface area (Å²) in [5.74, 6) is 1.01. The molecular formula is C25H24N2OS. The highest BCUT2D eigenvalue weighted by molar-refractivity contribution is 8.14. The largest absolute Gasteiger partial charge is 0.378 e. The fourth-order valence-electron chi connectivity index (χ4n) is 4.59. The van der Waals surface area contributed by atoms with Crippen molar-refractivity contribution in [1.82, 2.24) is 4.90 Å². The van der Waals surface area contributed by atoms with Crippen molar-refractivity contribution in [3.05, 3.63) is 107 Å². The number of benzene rings is 3. The Bertz CT molecular complexity index is 980. The minimum atomic E-state index is -1.19. The summed E-state index contributed by atoms with van der Waals surface area (Å²) in [7, 11) is 0. The van der Waals surface area contributed by atoms with Gasteiger partial charge in [0.15, 0.2) is 5.17 Å². The predicted octanol–water partition coefficient (Wildman–Crippen LogP) is 4.62. The number of hydrogen-bond acceptors (Lipinski definition) is 4. The van der Waals surface area contributed by atoms with E-state index in [4.69, 9.17) is 4.99 Å². The van der Waals surface area contributed by atoms with Crippen LogP contribution in [0.15, 0.2) is 89.9 Å². The SMILES string of the molecule is OC(c1ccccc1)(c1ccccc1)C1c2ccccc2CCN1C1=NCCS1. The van der Waals surface area contributed by atoms with Crippen molar-refractivity contribution < 1.29 is 5.11 Å². The fourth-order valence-corrected chi connectivity index (χ4v) is 5.50. The smallest absolute Gasteiger partial charge is 0.159 e. The molecule has 1 N–H and O–H groups in total. The molecule has 0 saturated heterocycles. The van der Waals surface area contributed by atoms with Crippen molar-refractivity contribution >= 4 is 16.9 Å². The summed E-state index contributed by atoms with van der Waals surface area (Å²) >= 11 is 1.80. The monoisotopic (exact) mass is 400 g/mol. The van der Waals surface area contributed by atoms with Gasteiger partial charge in [0.25, 0.3) is 0 Å². The van der Waals surface area contributed by atoms with Gasteiger partial charge in [-0.3, -0.25) is 4.99 Å². The topological polar surface area (TPSA) is 35.8 Å². The molecule has 0 saturated carbocycles. The molecule has 29 heavy (non-hydrogen) atoms. The third-order valence-corrected chi connectivity index (χ3v) is 6.93. The molecule has 0 aromatic heterocycles. The molecule has 3 nitrogen and oxygen atoms in total. The molecule has 1 atom stereocenters. The van der Waals surface area contributed by atoms with Crippen LogP contribution in [-0.2, 0) is 12.0 Å². The molecule has 0 bridgehead atoms. The first kappa shape index (κ1) is 18.5. The molecule has 5 rings (SSSR count). The summed E-state index contributed by atoms with van der Waals surface area (Å²) in [5.41, 5.74) is 3.11. The molecule has 146 valence electrons. The molecule has 2 aliphatic heterocycles. The minimum Gasteiger partial charge on any atom is -0.378 e. The zero-order chi connectivity index (χ0) is 19.7. The van der Waals surface area contributed by atoms with Gasteiger partial charge < -0.3 is 10.0 Å². The Kier molecular flexibility index (Phi) is 4.90. The lowest BCUT2D eigenvalue weighted by Gasteiger charge is -2.47. The average Bonchev–Trinajstić information content (AvgIpc) is 3.34. The Morgan fingerprint density at radius 1 is 0.862 bits per heavy atom. The summed E-state index contributed by atoms with van der Waals surface area (Å²) in [4.78, 5) is 7.11. The number of aliphatic imine (C=N–C) groups is 1. The van der Waals surface area contributed by atoms with E-state index in [0.29, 0.717) is 0 Å². The van der Waals surface area contributed by atoms with Crippen molar-refractivity contribution in [2.75, 3.05) is 18.8 Å². The lowest BCUT2D eigenvalue weighted by Crippen LogP contribution is -2.49. The predicted molar refractivity (Wildman–Crippen MR) is 120 cm³/mol. The average molecular weight is 401 g/mol. The van der Waals surface area contributed by atoms with Crippen LogP contribution in [0.2, 0.25) is 0 Å². The van der Waals surface area contributed by atoms with E-state index in [0.717, 1.165) is 41.6 Å². The summed E-state index contributed by atoms with van der Waals surface area (Å²) in [5, 5.41) is 13.6. The molecule has 0 aliphatic carbocycles. The van der Waals surface area contributed by atoms with Gasteiger partial charge in [-0.15, -0.1) is 0 Å². The highest BCUT2D eigenvalue weighted by Gasteiger charge is 2.47. The normalized spacial score (nSPS) is 19.0. The molecule has 2 aliphatic rings. The van der Waals surface area contributed by atoms with Gasteiger partial charge in [0.2, 0.25) is 0 Å². The van der Waals surface area contributed by atoms with E-state index in [-0.39, 0.29) is 6.04 Å². The summed E-state index contributed by atoms with van der Waals surface area (Å²) < 4.78 is 0. The molecular weight excluding hydrogens is 376 g/mol. The lowest BCUT2D eigenvalue weighted by atomic mass is 9.74. The second-order valence-electron chi connectivity index (χ2n) is 7.56. The van der Waals surface area contributed by atoms with E-state index in [1.54, 1.807) is 11.8 Å². The van der Waals surface area contributed by atoms with E-state index in [1.807, 2.05) is 60.7 Å². The van der Waals surface area contributed by atoms with E-state index >= 15 is 0 Å². The van der Waals surface area contributed by atoms with E-state index in [9.17, 15) is 5.11 Å². The van der Waals surface area contributed by atoms with Crippen LogP contribution in [0.1, 0.15) is 28.3 Å². The third-order valence-electron chi connectivity index (χ3n) is 5.92. The second kappa shape index (κ2) is 7.69. The van der Waals surface area contributed by atoms with Crippen LogP contribution in [0.25, 0.3) is 0 Å². The standard InChI is InChI=1S/C25H24N2OS/c28-25(20-10-3-1-4-11-20,21-12-5-2-6-13-21)23-22-14-8-7-9-19(22)15-17-27(23)24-26-16-18-29-24/h1-14,23,28H,15-18H2. The van der Waals surface area contributed by atoms with Gasteiger partial charge in [-0.25, -0.2) is 0 Å². The van der Waals surface area contributed by atoms with Crippen LogP contribution in [0.3, 0.4) is 0 Å². The first-order chi connectivity index (χ1) is 14.3. The minimum absolute atomic E-state index is 0.235. The maximum Gasteiger partial charge on any atom is 0.159 e. The number of hydrogen-bond donors (Lipinski definition) is 1. The number of aliphatic hydroxyl groups is 1. The van der Waals surface area contributed by atoms with Gasteiger partial charge in [0, 0.05) is 12.3 Å².